The molecule has 0 spiro atoms. The summed E-state index contributed by atoms with van der Waals surface area (Å²) >= 11 is 0. The molecule has 2 aliphatic heterocycles. The van der Waals surface area contributed by atoms with Crippen molar-refractivity contribution in [3.63, 3.8) is 0 Å². The molecule has 6 heteroatoms. The first-order valence-corrected chi connectivity index (χ1v) is 19.9. The SMILES string of the molecule is C.Cc1ccc([C@H]2C=C[C@@H](c3ccc(C)cc3)P2(=O)N(C)C)cc1.Cc1ccc([C@H]2CC[C@H](c3ccc(C)cc3)P2(=O)N(C)C)cc1. The van der Waals surface area contributed by atoms with Gasteiger partial charge in [-0.05, 0) is 91.0 Å². The van der Waals surface area contributed by atoms with Crippen molar-refractivity contribution in [1.29, 1.82) is 0 Å². The Labute approximate surface area is 284 Å². The molecule has 47 heavy (non-hydrogen) atoms. The van der Waals surface area contributed by atoms with Gasteiger partial charge in [-0.15, -0.1) is 0 Å². The summed E-state index contributed by atoms with van der Waals surface area (Å²) in [6, 6.07) is 34.0. The van der Waals surface area contributed by atoms with Crippen LogP contribution in [0.25, 0.3) is 0 Å². The molecule has 4 nitrogen and oxygen atoms in total. The zero-order valence-corrected chi connectivity index (χ0v) is 30.5. The lowest BCUT2D eigenvalue weighted by atomic mass is 10.0. The van der Waals surface area contributed by atoms with Gasteiger partial charge in [0.15, 0.2) is 14.6 Å². The van der Waals surface area contributed by atoms with E-state index in [2.05, 4.69) is 137 Å². The van der Waals surface area contributed by atoms with Crippen molar-refractivity contribution in [3.05, 3.63) is 154 Å². The van der Waals surface area contributed by atoms with E-state index in [4.69, 9.17) is 0 Å². The average molecular weight is 669 g/mol. The maximum atomic E-state index is 14.1. The molecular weight excluding hydrogens is 614 g/mol. The summed E-state index contributed by atoms with van der Waals surface area (Å²) in [5.74, 6) is 0. The molecule has 250 valence electrons. The van der Waals surface area contributed by atoms with Gasteiger partial charge in [-0.1, -0.05) is 139 Å². The molecule has 0 aromatic heterocycles. The van der Waals surface area contributed by atoms with Crippen LogP contribution >= 0.6 is 14.6 Å². The molecule has 0 bridgehead atoms. The summed E-state index contributed by atoms with van der Waals surface area (Å²) in [6.07, 6.45) is 6.26. The molecule has 5 atom stereocenters. The van der Waals surface area contributed by atoms with Crippen LogP contribution in [-0.2, 0) is 9.13 Å². The Bertz CT molecular complexity index is 1610. The standard InChI is InChI=1S/C20H26NOP.C20H24NOP.CH4/c2*1-15-5-9-17(10-6-15)19-13-14-20(23(19,22)21(3)4)18-11-7-16(2)8-12-18;/h5-12,19-20H,13-14H2,1-4H3;5-14,19-20H,1-4H3;1H4/t19-,20-;19-,20+,23?;/m1../s1. The number of allylic oxidation sites excluding steroid dienone is 2. The molecule has 0 aliphatic carbocycles. The number of benzene rings is 4. The van der Waals surface area contributed by atoms with E-state index in [1.54, 1.807) is 0 Å². The quantitative estimate of drug-likeness (QED) is 0.151. The first-order chi connectivity index (χ1) is 21.8. The Morgan fingerprint density at radius 3 is 0.957 bits per heavy atom. The molecule has 0 radical (unpaired) electrons. The first-order valence-electron chi connectivity index (χ1n) is 16.3. The van der Waals surface area contributed by atoms with Crippen LogP contribution in [0.1, 0.15) is 87.4 Å². The summed E-state index contributed by atoms with van der Waals surface area (Å²) < 4.78 is 32.0. The number of hydrogen-bond acceptors (Lipinski definition) is 2. The highest BCUT2D eigenvalue weighted by atomic mass is 31.2. The van der Waals surface area contributed by atoms with Crippen molar-refractivity contribution < 1.29 is 9.13 Å². The Hall–Kier alpha value is -3.00. The zero-order chi connectivity index (χ0) is 33.2. The van der Waals surface area contributed by atoms with Crippen molar-refractivity contribution in [2.24, 2.45) is 0 Å². The van der Waals surface area contributed by atoms with Gasteiger partial charge in [-0.2, -0.15) is 0 Å². The van der Waals surface area contributed by atoms with E-state index in [1.807, 2.05) is 37.5 Å². The second-order valence-corrected chi connectivity index (χ2v) is 20.2. The molecule has 6 rings (SSSR count). The van der Waals surface area contributed by atoms with Crippen LogP contribution in [0.15, 0.2) is 109 Å². The lowest BCUT2D eigenvalue weighted by Gasteiger charge is -2.32. The summed E-state index contributed by atoms with van der Waals surface area (Å²) in [4.78, 5) is 0. The minimum atomic E-state index is -2.61. The molecule has 0 amide bonds. The van der Waals surface area contributed by atoms with E-state index in [9.17, 15) is 9.13 Å². The number of hydrogen-bond donors (Lipinski definition) is 0. The fourth-order valence-corrected chi connectivity index (χ4v) is 14.1. The minimum Gasteiger partial charge on any atom is -0.305 e. The van der Waals surface area contributed by atoms with Gasteiger partial charge in [-0.3, -0.25) is 9.34 Å². The lowest BCUT2D eigenvalue weighted by molar-refractivity contribution is 0.502. The Kier molecular flexibility index (Phi) is 11.8. The lowest BCUT2D eigenvalue weighted by Crippen LogP contribution is -2.15. The molecular formula is C41H54N2O2P2. The number of aryl methyl sites for hydroxylation is 4. The van der Waals surface area contributed by atoms with Gasteiger partial charge in [0.2, 0.25) is 0 Å². The van der Waals surface area contributed by atoms with Crippen LogP contribution in [0, 0.1) is 27.7 Å². The first kappa shape index (κ1) is 36.8. The van der Waals surface area contributed by atoms with Crippen LogP contribution in [-0.4, -0.2) is 37.5 Å². The molecule has 0 N–H and O–H groups in total. The highest BCUT2D eigenvalue weighted by Gasteiger charge is 2.49. The largest absolute Gasteiger partial charge is 0.305 e. The van der Waals surface area contributed by atoms with Gasteiger partial charge in [0.25, 0.3) is 0 Å². The molecule has 1 fully saturated rings. The molecule has 1 saturated heterocycles. The van der Waals surface area contributed by atoms with E-state index in [0.29, 0.717) is 0 Å². The number of rotatable bonds is 6. The average Bonchev–Trinajstić information content (AvgIpc) is 3.58. The monoisotopic (exact) mass is 668 g/mol. The van der Waals surface area contributed by atoms with E-state index in [-0.39, 0.29) is 30.1 Å². The van der Waals surface area contributed by atoms with Crippen LogP contribution in [0.5, 0.6) is 0 Å². The van der Waals surface area contributed by atoms with E-state index in [0.717, 1.165) is 24.0 Å². The fraction of sp³-hybridized carbons (Fsp3) is 0.366. The maximum absolute atomic E-state index is 14.1. The molecule has 2 heterocycles. The summed E-state index contributed by atoms with van der Waals surface area (Å²) in [5, 5.41) is 0. The van der Waals surface area contributed by atoms with Crippen molar-refractivity contribution in [2.75, 3.05) is 28.2 Å². The van der Waals surface area contributed by atoms with Gasteiger partial charge in [0, 0.05) is 0 Å². The van der Waals surface area contributed by atoms with Crippen LogP contribution < -0.4 is 0 Å². The molecule has 4 aromatic carbocycles. The van der Waals surface area contributed by atoms with Crippen LogP contribution in [0.2, 0.25) is 0 Å². The molecule has 2 aliphatic rings. The predicted molar refractivity (Wildman–Crippen MR) is 203 cm³/mol. The third-order valence-corrected chi connectivity index (χ3v) is 17.8. The van der Waals surface area contributed by atoms with Crippen LogP contribution in [0.4, 0.5) is 0 Å². The Morgan fingerprint density at radius 1 is 0.447 bits per heavy atom. The van der Waals surface area contributed by atoms with Crippen molar-refractivity contribution in [3.8, 4) is 0 Å². The van der Waals surface area contributed by atoms with Gasteiger partial charge >= 0.3 is 0 Å². The second-order valence-electron chi connectivity index (χ2n) is 13.6. The van der Waals surface area contributed by atoms with Gasteiger partial charge in [0.1, 0.15) is 0 Å². The van der Waals surface area contributed by atoms with E-state index in [1.165, 1.54) is 33.4 Å². The van der Waals surface area contributed by atoms with Crippen molar-refractivity contribution in [1.82, 2.24) is 9.34 Å². The third kappa shape index (κ3) is 7.38. The van der Waals surface area contributed by atoms with Gasteiger partial charge < -0.3 is 9.13 Å². The summed E-state index contributed by atoms with van der Waals surface area (Å²) in [6.45, 7) is 8.35. The summed E-state index contributed by atoms with van der Waals surface area (Å²) in [7, 11) is 2.73. The van der Waals surface area contributed by atoms with E-state index < -0.39 is 14.6 Å². The summed E-state index contributed by atoms with van der Waals surface area (Å²) in [5.41, 5.74) is 9.89. The molecule has 0 saturated carbocycles. The highest BCUT2D eigenvalue weighted by molar-refractivity contribution is 7.63. The second kappa shape index (κ2) is 15.0. The van der Waals surface area contributed by atoms with Crippen molar-refractivity contribution >= 4 is 14.6 Å². The maximum Gasteiger partial charge on any atom is 0.171 e. The third-order valence-electron chi connectivity index (χ3n) is 9.89. The number of nitrogens with zero attached hydrogens (tertiary/aromatic N) is 2. The Morgan fingerprint density at radius 2 is 0.702 bits per heavy atom. The van der Waals surface area contributed by atoms with Gasteiger partial charge in [-0.25, -0.2) is 0 Å². The molecule has 4 aromatic rings. The smallest absolute Gasteiger partial charge is 0.171 e. The highest BCUT2D eigenvalue weighted by Crippen LogP contribution is 2.77. The van der Waals surface area contributed by atoms with Gasteiger partial charge in [0.05, 0.1) is 22.6 Å². The predicted octanol–water partition coefficient (Wildman–Crippen LogP) is 11.9. The van der Waals surface area contributed by atoms with E-state index >= 15 is 0 Å². The van der Waals surface area contributed by atoms with Crippen molar-refractivity contribution in [2.45, 2.75) is 70.6 Å². The molecule has 1 unspecified atom stereocenters. The fourth-order valence-electron chi connectivity index (χ4n) is 7.10. The minimum absolute atomic E-state index is 0. The zero-order valence-electron chi connectivity index (χ0n) is 28.7. The Balaban J connectivity index is 0.000000208. The topological polar surface area (TPSA) is 40.6 Å². The van der Waals surface area contributed by atoms with Crippen LogP contribution in [0.3, 0.4) is 0 Å². The normalized spacial score (nSPS) is 24.6.